The highest BCUT2D eigenvalue weighted by Crippen LogP contribution is 2.45. The zero-order valence-corrected chi connectivity index (χ0v) is 55.7. The molecule has 0 heterocycles. The van der Waals surface area contributed by atoms with Crippen molar-refractivity contribution in [2.45, 2.75) is 354 Å². The Morgan fingerprint density at radius 3 is 0.702 bits per heavy atom. The monoisotopic (exact) mass is 1240 g/mol. The van der Waals surface area contributed by atoms with Crippen molar-refractivity contribution in [1.29, 1.82) is 0 Å². The topological polar surface area (TPSA) is 237 Å². The molecule has 0 rings (SSSR count). The Morgan fingerprint density at radius 1 is 0.286 bits per heavy atom. The van der Waals surface area contributed by atoms with Gasteiger partial charge in [0.2, 0.25) is 0 Å². The number of aliphatic hydroxyl groups excluding tert-OH is 1. The van der Waals surface area contributed by atoms with Gasteiger partial charge in [0.05, 0.1) is 26.4 Å². The molecule has 5 atom stereocenters. The summed E-state index contributed by atoms with van der Waals surface area (Å²) in [4.78, 5) is 72.1. The molecule has 3 N–H and O–H groups in total. The molecule has 0 aromatic rings. The average molecular weight is 1240 g/mol. The van der Waals surface area contributed by atoms with Crippen LogP contribution in [0.1, 0.15) is 336 Å². The highest BCUT2D eigenvalue weighted by molar-refractivity contribution is 7.47. The summed E-state index contributed by atoms with van der Waals surface area (Å²) in [5, 5.41) is 10.5. The van der Waals surface area contributed by atoms with Gasteiger partial charge in [-0.3, -0.25) is 37.3 Å². The van der Waals surface area contributed by atoms with Gasteiger partial charge < -0.3 is 33.8 Å². The fraction of sp³-hybridized carbons (Fsp3) is 0.938. The van der Waals surface area contributed by atoms with Crippen LogP contribution in [-0.2, 0) is 65.4 Å². The molecule has 19 heteroatoms. The lowest BCUT2D eigenvalue weighted by Crippen LogP contribution is -2.30. The van der Waals surface area contributed by atoms with Crippen LogP contribution in [0.2, 0.25) is 0 Å². The first-order chi connectivity index (χ1) is 40.7. The molecule has 0 aliphatic rings. The summed E-state index contributed by atoms with van der Waals surface area (Å²) >= 11 is 0. The summed E-state index contributed by atoms with van der Waals surface area (Å²) < 4.78 is 68.0. The lowest BCUT2D eigenvalue weighted by Gasteiger charge is -2.21. The summed E-state index contributed by atoms with van der Waals surface area (Å²) in [6, 6.07) is 0. The van der Waals surface area contributed by atoms with Crippen LogP contribution in [0.3, 0.4) is 0 Å². The molecule has 0 fully saturated rings. The SMILES string of the molecule is CCCCCCCCCCCCCCCCCC(=O)O[C@H](COC(=O)CCCCCCCCCC)COP(=O)(O)OC[C@H](O)COP(=O)(O)OC[C@@H](COC(=O)CCCCCCCCCC)OC(=O)CCCCCCCCCCCCCCC. The molecule has 0 amide bonds. The van der Waals surface area contributed by atoms with Gasteiger partial charge in [-0.2, -0.15) is 0 Å². The number of esters is 4. The zero-order valence-electron chi connectivity index (χ0n) is 53.9. The number of ether oxygens (including phenoxy) is 4. The maximum atomic E-state index is 13.0. The number of aliphatic hydroxyl groups is 1. The number of carbonyl (C=O) groups is 4. The molecule has 0 spiro atoms. The largest absolute Gasteiger partial charge is 0.472 e. The predicted octanol–water partition coefficient (Wildman–Crippen LogP) is 18.3. The smallest absolute Gasteiger partial charge is 0.462 e. The second kappa shape index (κ2) is 60.0. The molecule has 0 aliphatic heterocycles. The van der Waals surface area contributed by atoms with Crippen molar-refractivity contribution in [2.24, 2.45) is 0 Å². The van der Waals surface area contributed by atoms with Crippen molar-refractivity contribution in [2.75, 3.05) is 39.6 Å². The van der Waals surface area contributed by atoms with Gasteiger partial charge in [0, 0.05) is 25.7 Å². The molecular weight excluding hydrogens is 1110 g/mol. The number of rotatable bonds is 66. The standard InChI is InChI=1S/C65H126O17P2/c1-5-9-13-17-21-25-27-29-30-32-34-36-40-44-48-52-65(70)82-61(56-76-63(68)50-46-42-38-24-20-16-12-8-4)58-80-84(73,74)78-54-59(66)53-77-83(71,72)79-57-60(55-75-62(67)49-45-41-37-23-19-15-11-7-3)81-64(69)51-47-43-39-35-33-31-28-26-22-18-14-10-6-2/h59-61,66H,5-58H2,1-4H3,(H,71,72)(H,73,74)/t59-,60-,61-/m1/s1. The number of phosphoric ester groups is 2. The zero-order chi connectivity index (χ0) is 61.9. The number of phosphoric acid groups is 2. The van der Waals surface area contributed by atoms with Crippen molar-refractivity contribution in [3.63, 3.8) is 0 Å². The van der Waals surface area contributed by atoms with Gasteiger partial charge in [0.25, 0.3) is 0 Å². The average Bonchev–Trinajstić information content (AvgIpc) is 3.60. The first-order valence-electron chi connectivity index (χ1n) is 34.3. The Labute approximate surface area is 511 Å². The molecule has 498 valence electrons. The molecule has 0 aliphatic carbocycles. The third-order valence-corrected chi connectivity index (χ3v) is 17.0. The van der Waals surface area contributed by atoms with Crippen LogP contribution in [0, 0.1) is 0 Å². The third kappa shape index (κ3) is 59.0. The van der Waals surface area contributed by atoms with E-state index in [1.807, 2.05) is 0 Å². The van der Waals surface area contributed by atoms with Crippen molar-refractivity contribution >= 4 is 39.5 Å². The van der Waals surface area contributed by atoms with Crippen LogP contribution in [-0.4, -0.2) is 96.7 Å². The molecule has 0 radical (unpaired) electrons. The molecular formula is C65H126O17P2. The molecule has 0 saturated heterocycles. The first kappa shape index (κ1) is 82.1. The van der Waals surface area contributed by atoms with E-state index < -0.39 is 97.5 Å². The van der Waals surface area contributed by atoms with E-state index in [1.54, 1.807) is 0 Å². The van der Waals surface area contributed by atoms with Crippen molar-refractivity contribution in [3.05, 3.63) is 0 Å². The molecule has 0 saturated carbocycles. The summed E-state index contributed by atoms with van der Waals surface area (Å²) in [7, 11) is -9.88. The van der Waals surface area contributed by atoms with Gasteiger partial charge in [-0.05, 0) is 25.7 Å². The Morgan fingerprint density at radius 2 is 0.476 bits per heavy atom. The van der Waals surface area contributed by atoms with E-state index in [-0.39, 0.29) is 25.7 Å². The Bertz CT molecular complexity index is 1620. The fourth-order valence-electron chi connectivity index (χ4n) is 9.81. The van der Waals surface area contributed by atoms with E-state index in [1.165, 1.54) is 154 Å². The van der Waals surface area contributed by atoms with Gasteiger partial charge in [0.15, 0.2) is 12.2 Å². The minimum absolute atomic E-state index is 0.108. The van der Waals surface area contributed by atoms with Gasteiger partial charge >= 0.3 is 39.5 Å². The van der Waals surface area contributed by atoms with Crippen LogP contribution in [0.25, 0.3) is 0 Å². The summed E-state index contributed by atoms with van der Waals surface area (Å²) in [5.74, 6) is -2.13. The molecule has 17 nitrogen and oxygen atoms in total. The molecule has 0 aromatic heterocycles. The lowest BCUT2D eigenvalue weighted by atomic mass is 10.0. The number of unbranched alkanes of at least 4 members (excludes halogenated alkanes) is 40. The van der Waals surface area contributed by atoms with E-state index in [2.05, 4.69) is 27.7 Å². The van der Waals surface area contributed by atoms with Gasteiger partial charge in [-0.25, -0.2) is 9.13 Å². The number of hydrogen-bond acceptors (Lipinski definition) is 15. The minimum Gasteiger partial charge on any atom is -0.462 e. The van der Waals surface area contributed by atoms with E-state index in [4.69, 9.17) is 37.0 Å². The summed E-state index contributed by atoms with van der Waals surface area (Å²) in [5.41, 5.74) is 0. The normalized spacial score (nSPS) is 14.1. The summed E-state index contributed by atoms with van der Waals surface area (Å²) in [6.45, 7) is 4.86. The minimum atomic E-state index is -4.94. The van der Waals surface area contributed by atoms with Crippen LogP contribution in [0.5, 0.6) is 0 Å². The maximum Gasteiger partial charge on any atom is 0.472 e. The van der Waals surface area contributed by atoms with E-state index >= 15 is 0 Å². The summed E-state index contributed by atoms with van der Waals surface area (Å²) in [6.07, 6.45) is 45.8. The number of carbonyl (C=O) groups excluding carboxylic acids is 4. The van der Waals surface area contributed by atoms with Crippen LogP contribution in [0.4, 0.5) is 0 Å². The number of hydrogen-bond donors (Lipinski definition) is 3. The fourth-order valence-corrected chi connectivity index (χ4v) is 11.4. The predicted molar refractivity (Wildman–Crippen MR) is 335 cm³/mol. The van der Waals surface area contributed by atoms with Gasteiger partial charge in [-0.1, -0.05) is 285 Å². The molecule has 0 bridgehead atoms. The first-order valence-corrected chi connectivity index (χ1v) is 37.3. The Kier molecular flexibility index (Phi) is 58.6. The molecule has 0 aromatic carbocycles. The molecule has 2 unspecified atom stereocenters. The van der Waals surface area contributed by atoms with Gasteiger partial charge in [0.1, 0.15) is 19.3 Å². The van der Waals surface area contributed by atoms with E-state index in [9.17, 15) is 43.2 Å². The van der Waals surface area contributed by atoms with Gasteiger partial charge in [-0.15, -0.1) is 0 Å². The Balaban J connectivity index is 5.18. The second-order valence-corrected chi connectivity index (χ2v) is 26.4. The van der Waals surface area contributed by atoms with Crippen LogP contribution in [0.15, 0.2) is 0 Å². The van der Waals surface area contributed by atoms with E-state index in [0.29, 0.717) is 25.7 Å². The highest BCUT2D eigenvalue weighted by atomic mass is 31.2. The maximum absolute atomic E-state index is 13.0. The van der Waals surface area contributed by atoms with Crippen molar-refractivity contribution in [1.82, 2.24) is 0 Å². The second-order valence-electron chi connectivity index (χ2n) is 23.5. The van der Waals surface area contributed by atoms with Crippen LogP contribution < -0.4 is 0 Å². The van der Waals surface area contributed by atoms with Crippen molar-refractivity contribution < 1.29 is 80.2 Å². The van der Waals surface area contributed by atoms with E-state index in [0.717, 1.165) is 103 Å². The van der Waals surface area contributed by atoms with Crippen LogP contribution >= 0.6 is 15.6 Å². The third-order valence-electron chi connectivity index (χ3n) is 15.1. The Hall–Kier alpha value is -1.94. The quantitative estimate of drug-likeness (QED) is 0.0222. The molecule has 84 heavy (non-hydrogen) atoms. The highest BCUT2D eigenvalue weighted by Gasteiger charge is 2.30. The lowest BCUT2D eigenvalue weighted by molar-refractivity contribution is -0.161. The van der Waals surface area contributed by atoms with Crippen molar-refractivity contribution in [3.8, 4) is 0 Å².